The van der Waals surface area contributed by atoms with Gasteiger partial charge in [-0.05, 0) is 12.1 Å². The second-order valence-electron chi connectivity index (χ2n) is 3.95. The van der Waals surface area contributed by atoms with Gasteiger partial charge >= 0.3 is 0 Å². The lowest BCUT2D eigenvalue weighted by atomic mass is 10.1. The standard InChI is InChI=1S/C12H13N3O3/c1-14-9(16)5-6-15-11(17)7-3-2-4-8(13)10(7)12(15)18/h2-4H,5-6,13H2,1H3,(H,14,16). The molecule has 6 heteroatoms. The summed E-state index contributed by atoms with van der Waals surface area (Å²) in [6, 6.07) is 4.76. The number of carbonyl (C=O) groups is 3. The summed E-state index contributed by atoms with van der Waals surface area (Å²) in [6.07, 6.45) is 0.0852. The molecule has 6 nitrogen and oxygen atoms in total. The van der Waals surface area contributed by atoms with Crippen molar-refractivity contribution in [2.24, 2.45) is 0 Å². The molecule has 94 valence electrons. The molecular weight excluding hydrogens is 234 g/mol. The quantitative estimate of drug-likeness (QED) is 0.581. The van der Waals surface area contributed by atoms with Gasteiger partial charge in [0.05, 0.1) is 11.1 Å². The van der Waals surface area contributed by atoms with Crippen LogP contribution in [0.15, 0.2) is 18.2 Å². The molecule has 3 N–H and O–H groups in total. The highest BCUT2D eigenvalue weighted by atomic mass is 16.2. The number of hydrogen-bond donors (Lipinski definition) is 2. The molecule has 1 aliphatic heterocycles. The molecule has 0 saturated heterocycles. The van der Waals surface area contributed by atoms with Gasteiger partial charge in [0.25, 0.3) is 11.8 Å². The molecule has 0 spiro atoms. The third kappa shape index (κ3) is 1.81. The molecule has 1 aromatic carbocycles. The summed E-state index contributed by atoms with van der Waals surface area (Å²) in [5, 5.41) is 2.44. The number of benzene rings is 1. The zero-order valence-corrected chi connectivity index (χ0v) is 9.90. The Hall–Kier alpha value is -2.37. The highest BCUT2D eigenvalue weighted by Crippen LogP contribution is 2.27. The lowest BCUT2D eigenvalue weighted by Gasteiger charge is -2.12. The lowest BCUT2D eigenvalue weighted by Crippen LogP contribution is -2.33. The molecule has 1 aliphatic rings. The summed E-state index contributed by atoms with van der Waals surface area (Å²) in [4.78, 5) is 36.2. The summed E-state index contributed by atoms with van der Waals surface area (Å²) < 4.78 is 0. The van der Waals surface area contributed by atoms with Crippen molar-refractivity contribution in [1.82, 2.24) is 10.2 Å². The normalized spacial score (nSPS) is 13.7. The SMILES string of the molecule is CNC(=O)CCN1C(=O)c2cccc(N)c2C1=O. The first-order valence-corrected chi connectivity index (χ1v) is 5.51. The first kappa shape index (κ1) is 12.1. The largest absolute Gasteiger partial charge is 0.398 e. The first-order valence-electron chi connectivity index (χ1n) is 5.51. The molecule has 2 rings (SSSR count). The van der Waals surface area contributed by atoms with E-state index < -0.39 is 11.8 Å². The van der Waals surface area contributed by atoms with E-state index in [4.69, 9.17) is 5.73 Å². The molecule has 0 aromatic heterocycles. The number of nitrogens with one attached hydrogen (secondary N) is 1. The van der Waals surface area contributed by atoms with Crippen LogP contribution in [0.1, 0.15) is 27.1 Å². The predicted octanol–water partition coefficient (Wildman–Crippen LogP) is 0.000900. The monoisotopic (exact) mass is 247 g/mol. The Kier molecular flexibility index (Phi) is 3.01. The van der Waals surface area contributed by atoms with Crippen LogP contribution in [0.3, 0.4) is 0 Å². The van der Waals surface area contributed by atoms with Crippen molar-refractivity contribution >= 4 is 23.4 Å². The van der Waals surface area contributed by atoms with E-state index in [1.165, 1.54) is 7.05 Å². The number of amides is 3. The maximum absolute atomic E-state index is 12.0. The molecule has 1 heterocycles. The van der Waals surface area contributed by atoms with Crippen LogP contribution in [0.2, 0.25) is 0 Å². The predicted molar refractivity (Wildman–Crippen MR) is 64.9 cm³/mol. The molecule has 0 atom stereocenters. The Morgan fingerprint density at radius 3 is 2.67 bits per heavy atom. The molecule has 0 unspecified atom stereocenters. The molecule has 1 aromatic rings. The Bertz CT molecular complexity index is 539. The maximum Gasteiger partial charge on any atom is 0.263 e. The number of nitrogens with two attached hydrogens (primary N) is 1. The van der Waals surface area contributed by atoms with Gasteiger partial charge in [-0.15, -0.1) is 0 Å². The van der Waals surface area contributed by atoms with E-state index in [-0.39, 0.29) is 30.1 Å². The van der Waals surface area contributed by atoms with E-state index in [1.54, 1.807) is 18.2 Å². The number of anilines is 1. The van der Waals surface area contributed by atoms with Gasteiger partial charge in [-0.25, -0.2) is 0 Å². The van der Waals surface area contributed by atoms with Gasteiger partial charge in [-0.1, -0.05) is 6.07 Å². The summed E-state index contributed by atoms with van der Waals surface area (Å²) in [6.45, 7) is 0.0610. The number of rotatable bonds is 3. The fraction of sp³-hybridized carbons (Fsp3) is 0.250. The molecule has 0 radical (unpaired) electrons. The molecule has 0 bridgehead atoms. The smallest absolute Gasteiger partial charge is 0.263 e. The van der Waals surface area contributed by atoms with Gasteiger partial charge in [0.2, 0.25) is 5.91 Å². The first-order chi connectivity index (χ1) is 8.56. The third-order valence-corrected chi connectivity index (χ3v) is 2.87. The van der Waals surface area contributed by atoms with E-state index in [2.05, 4.69) is 5.32 Å². The maximum atomic E-state index is 12.0. The molecule has 0 aliphatic carbocycles. The van der Waals surface area contributed by atoms with Crippen molar-refractivity contribution < 1.29 is 14.4 Å². The van der Waals surface area contributed by atoms with Crippen LogP contribution in [0.25, 0.3) is 0 Å². The van der Waals surface area contributed by atoms with E-state index in [1.807, 2.05) is 0 Å². The Morgan fingerprint density at radius 2 is 2.06 bits per heavy atom. The van der Waals surface area contributed by atoms with Gasteiger partial charge in [0.15, 0.2) is 0 Å². The number of nitrogens with zero attached hydrogens (tertiary/aromatic N) is 1. The van der Waals surface area contributed by atoms with Crippen LogP contribution in [0.5, 0.6) is 0 Å². The average Bonchev–Trinajstić information content (AvgIpc) is 2.60. The number of fused-ring (bicyclic) bond motifs is 1. The Morgan fingerprint density at radius 1 is 1.33 bits per heavy atom. The van der Waals surface area contributed by atoms with Crippen molar-refractivity contribution in [3.63, 3.8) is 0 Å². The van der Waals surface area contributed by atoms with E-state index >= 15 is 0 Å². The van der Waals surface area contributed by atoms with Crippen molar-refractivity contribution in [3.05, 3.63) is 29.3 Å². The Balaban J connectivity index is 2.24. The fourth-order valence-electron chi connectivity index (χ4n) is 1.90. The van der Waals surface area contributed by atoms with E-state index in [0.717, 1.165) is 4.90 Å². The van der Waals surface area contributed by atoms with Crippen LogP contribution in [-0.2, 0) is 4.79 Å². The summed E-state index contributed by atoms with van der Waals surface area (Å²) in [5.74, 6) is -1.05. The highest BCUT2D eigenvalue weighted by molar-refractivity contribution is 6.23. The van der Waals surface area contributed by atoms with Crippen LogP contribution in [-0.4, -0.2) is 36.2 Å². The van der Waals surface area contributed by atoms with Crippen LogP contribution >= 0.6 is 0 Å². The van der Waals surface area contributed by atoms with Gasteiger partial charge in [0.1, 0.15) is 0 Å². The summed E-state index contributed by atoms with van der Waals surface area (Å²) in [7, 11) is 1.50. The highest BCUT2D eigenvalue weighted by Gasteiger charge is 2.36. The van der Waals surface area contributed by atoms with Crippen LogP contribution in [0, 0.1) is 0 Å². The van der Waals surface area contributed by atoms with Gasteiger partial charge in [-0.2, -0.15) is 0 Å². The second-order valence-corrected chi connectivity index (χ2v) is 3.95. The minimum Gasteiger partial charge on any atom is -0.398 e. The number of imide groups is 1. The van der Waals surface area contributed by atoms with Crippen molar-refractivity contribution in [3.8, 4) is 0 Å². The average molecular weight is 247 g/mol. The Labute approximate surface area is 104 Å². The number of carbonyl (C=O) groups excluding carboxylic acids is 3. The number of nitrogen functional groups attached to an aromatic ring is 1. The zero-order valence-electron chi connectivity index (χ0n) is 9.90. The van der Waals surface area contributed by atoms with Gasteiger partial charge in [-0.3, -0.25) is 19.3 Å². The summed E-state index contributed by atoms with van der Waals surface area (Å²) >= 11 is 0. The van der Waals surface area contributed by atoms with Crippen molar-refractivity contribution in [1.29, 1.82) is 0 Å². The van der Waals surface area contributed by atoms with E-state index in [9.17, 15) is 14.4 Å². The number of hydrogen-bond acceptors (Lipinski definition) is 4. The minimum atomic E-state index is -0.433. The molecule has 3 amide bonds. The third-order valence-electron chi connectivity index (χ3n) is 2.87. The van der Waals surface area contributed by atoms with Gasteiger partial charge < -0.3 is 11.1 Å². The minimum absolute atomic E-state index is 0.0610. The lowest BCUT2D eigenvalue weighted by molar-refractivity contribution is -0.120. The molecule has 0 fully saturated rings. The van der Waals surface area contributed by atoms with Crippen LogP contribution < -0.4 is 11.1 Å². The van der Waals surface area contributed by atoms with Crippen molar-refractivity contribution in [2.75, 3.05) is 19.3 Å². The van der Waals surface area contributed by atoms with Crippen LogP contribution in [0.4, 0.5) is 5.69 Å². The van der Waals surface area contributed by atoms with Gasteiger partial charge in [0, 0.05) is 25.7 Å². The second kappa shape index (κ2) is 4.48. The molecule has 18 heavy (non-hydrogen) atoms. The topological polar surface area (TPSA) is 92.5 Å². The molecule has 0 saturated carbocycles. The van der Waals surface area contributed by atoms with Crippen molar-refractivity contribution in [2.45, 2.75) is 6.42 Å². The zero-order chi connectivity index (χ0) is 13.3. The summed E-state index contributed by atoms with van der Waals surface area (Å²) in [5.41, 5.74) is 6.51. The molecular formula is C12H13N3O3. The fourth-order valence-corrected chi connectivity index (χ4v) is 1.90. The van der Waals surface area contributed by atoms with E-state index in [0.29, 0.717) is 5.56 Å².